The second kappa shape index (κ2) is 10.1. The van der Waals surface area contributed by atoms with Gasteiger partial charge in [-0.2, -0.15) is 0 Å². The van der Waals surface area contributed by atoms with E-state index in [0.717, 1.165) is 0 Å². The first-order valence-corrected chi connectivity index (χ1v) is 12.0. The molecule has 0 spiro atoms. The van der Waals surface area contributed by atoms with Crippen molar-refractivity contribution in [3.63, 3.8) is 0 Å². The number of para-hydroxylation sites is 1. The van der Waals surface area contributed by atoms with Gasteiger partial charge in [0.2, 0.25) is 15.9 Å². The van der Waals surface area contributed by atoms with E-state index in [1.165, 1.54) is 18.4 Å². The topological polar surface area (TPSA) is 105 Å². The first kappa shape index (κ1) is 22.3. The van der Waals surface area contributed by atoms with Crippen LogP contribution in [0.2, 0.25) is 0 Å². The second-order valence-corrected chi connectivity index (χ2v) is 9.80. The van der Waals surface area contributed by atoms with Gasteiger partial charge >= 0.3 is 0 Å². The lowest BCUT2D eigenvalue weighted by molar-refractivity contribution is -0.132. The molecule has 1 saturated heterocycles. The Labute approximate surface area is 180 Å². The zero-order valence-electron chi connectivity index (χ0n) is 16.7. The van der Waals surface area contributed by atoms with E-state index in [4.69, 9.17) is 4.74 Å². The minimum absolute atomic E-state index is 0.0603. The van der Waals surface area contributed by atoms with Gasteiger partial charge < -0.3 is 15.0 Å². The average Bonchev–Trinajstić information content (AvgIpc) is 3.30. The van der Waals surface area contributed by atoms with E-state index in [1.54, 1.807) is 46.7 Å². The van der Waals surface area contributed by atoms with Crippen LogP contribution in [0.3, 0.4) is 0 Å². The Balaban J connectivity index is 1.42. The van der Waals surface area contributed by atoms with Crippen LogP contribution in [0.25, 0.3) is 0 Å². The molecule has 3 rings (SSSR count). The summed E-state index contributed by atoms with van der Waals surface area (Å²) in [5.41, 5.74) is 0.422. The number of likely N-dealkylation sites (tertiary alicyclic amines) is 1. The highest BCUT2D eigenvalue weighted by Crippen LogP contribution is 2.19. The predicted molar refractivity (Wildman–Crippen MR) is 114 cm³/mol. The van der Waals surface area contributed by atoms with Crippen molar-refractivity contribution in [3.8, 4) is 5.75 Å². The molecule has 0 radical (unpaired) electrons. The third kappa shape index (κ3) is 5.59. The van der Waals surface area contributed by atoms with Crippen LogP contribution >= 0.6 is 11.3 Å². The van der Waals surface area contributed by atoms with E-state index >= 15 is 0 Å². The summed E-state index contributed by atoms with van der Waals surface area (Å²) in [6.07, 6.45) is 1.31. The summed E-state index contributed by atoms with van der Waals surface area (Å²) >= 11 is 1.18. The fourth-order valence-corrected chi connectivity index (χ4v) is 5.62. The number of carbonyl (C=O) groups excluding carboxylic acids is 2. The Morgan fingerprint density at radius 1 is 1.17 bits per heavy atom. The fourth-order valence-electron chi connectivity index (χ4n) is 3.31. The number of piperidine rings is 1. The second-order valence-electron chi connectivity index (χ2n) is 6.91. The molecule has 0 unspecified atom stereocenters. The molecule has 10 heteroatoms. The standard InChI is InChI=1S/C20H25N3O5S2/c1-28-17-6-3-2-5-16(17)20(25)21-11-8-18(24)23-12-9-15(10-13-23)22-30(26,27)19-7-4-14-29-19/h2-7,14-15,22H,8-13H2,1H3,(H,21,25). The van der Waals surface area contributed by atoms with Crippen molar-refractivity contribution in [2.45, 2.75) is 29.5 Å². The van der Waals surface area contributed by atoms with Crippen LogP contribution in [0.4, 0.5) is 0 Å². The number of rotatable bonds is 8. The first-order chi connectivity index (χ1) is 14.4. The zero-order chi connectivity index (χ0) is 21.6. The molecule has 162 valence electrons. The monoisotopic (exact) mass is 451 g/mol. The molecule has 2 heterocycles. The van der Waals surface area contributed by atoms with Crippen molar-refractivity contribution < 1.29 is 22.7 Å². The van der Waals surface area contributed by atoms with Gasteiger partial charge in [-0.1, -0.05) is 18.2 Å². The van der Waals surface area contributed by atoms with Crippen LogP contribution in [0.15, 0.2) is 46.0 Å². The maximum Gasteiger partial charge on any atom is 0.255 e. The Morgan fingerprint density at radius 2 is 1.90 bits per heavy atom. The third-order valence-corrected chi connectivity index (χ3v) is 7.82. The molecule has 1 aliphatic rings. The minimum Gasteiger partial charge on any atom is -0.496 e. The molecule has 1 aromatic heterocycles. The van der Waals surface area contributed by atoms with Gasteiger partial charge in [0, 0.05) is 32.1 Å². The third-order valence-electron chi connectivity index (χ3n) is 4.91. The van der Waals surface area contributed by atoms with Crippen molar-refractivity contribution in [2.24, 2.45) is 0 Å². The number of hydrogen-bond acceptors (Lipinski definition) is 6. The number of amides is 2. The Bertz CT molecular complexity index is 968. The number of methoxy groups -OCH3 is 1. The van der Waals surface area contributed by atoms with E-state index in [0.29, 0.717) is 41.5 Å². The molecule has 8 nitrogen and oxygen atoms in total. The summed E-state index contributed by atoms with van der Waals surface area (Å²) < 4.78 is 32.8. The van der Waals surface area contributed by atoms with Gasteiger partial charge in [-0.15, -0.1) is 11.3 Å². The lowest BCUT2D eigenvalue weighted by Gasteiger charge is -2.32. The lowest BCUT2D eigenvalue weighted by atomic mass is 10.1. The van der Waals surface area contributed by atoms with E-state index in [1.807, 2.05) is 0 Å². The number of benzene rings is 1. The average molecular weight is 452 g/mol. The van der Waals surface area contributed by atoms with Crippen LogP contribution < -0.4 is 14.8 Å². The van der Waals surface area contributed by atoms with Gasteiger partial charge in [-0.25, -0.2) is 13.1 Å². The molecule has 2 amide bonds. The first-order valence-electron chi connectivity index (χ1n) is 9.65. The summed E-state index contributed by atoms with van der Waals surface area (Å²) in [5, 5.41) is 4.47. The molecule has 2 aromatic rings. The zero-order valence-corrected chi connectivity index (χ0v) is 18.3. The Morgan fingerprint density at radius 3 is 2.57 bits per heavy atom. The number of ether oxygens (including phenoxy) is 1. The summed E-state index contributed by atoms with van der Waals surface area (Å²) in [4.78, 5) is 26.4. The molecular formula is C20H25N3O5S2. The molecule has 1 aromatic carbocycles. The molecule has 0 saturated carbocycles. The quantitative estimate of drug-likeness (QED) is 0.637. The summed E-state index contributed by atoms with van der Waals surface area (Å²) in [6.45, 7) is 1.19. The van der Waals surface area contributed by atoms with E-state index in [2.05, 4.69) is 10.0 Å². The van der Waals surface area contributed by atoms with Gasteiger partial charge in [0.15, 0.2) is 0 Å². The number of nitrogens with one attached hydrogen (secondary N) is 2. The van der Waals surface area contributed by atoms with Gasteiger partial charge in [0.25, 0.3) is 5.91 Å². The van der Waals surface area contributed by atoms with Crippen molar-refractivity contribution in [1.29, 1.82) is 0 Å². The highest BCUT2D eigenvalue weighted by Gasteiger charge is 2.27. The molecule has 0 atom stereocenters. The van der Waals surface area contributed by atoms with Gasteiger partial charge in [-0.05, 0) is 36.4 Å². The van der Waals surface area contributed by atoms with Crippen molar-refractivity contribution in [2.75, 3.05) is 26.7 Å². The van der Waals surface area contributed by atoms with Gasteiger partial charge in [0.05, 0.1) is 12.7 Å². The SMILES string of the molecule is COc1ccccc1C(=O)NCCC(=O)N1CCC(NS(=O)(=O)c2cccs2)CC1. The minimum atomic E-state index is -3.50. The molecule has 1 fully saturated rings. The van der Waals surface area contributed by atoms with Crippen molar-refractivity contribution >= 4 is 33.2 Å². The highest BCUT2D eigenvalue weighted by molar-refractivity contribution is 7.91. The number of carbonyl (C=O) groups is 2. The molecule has 30 heavy (non-hydrogen) atoms. The van der Waals surface area contributed by atoms with Crippen LogP contribution in [0.1, 0.15) is 29.6 Å². The maximum absolute atomic E-state index is 12.4. The number of thiophene rings is 1. The summed E-state index contributed by atoms with van der Waals surface area (Å²) in [6, 6.07) is 9.99. The van der Waals surface area contributed by atoms with Gasteiger partial charge in [0.1, 0.15) is 9.96 Å². The smallest absolute Gasteiger partial charge is 0.255 e. The van der Waals surface area contributed by atoms with Crippen LogP contribution in [0, 0.1) is 0 Å². The number of sulfonamides is 1. The molecule has 2 N–H and O–H groups in total. The Hall–Kier alpha value is -2.43. The highest BCUT2D eigenvalue weighted by atomic mass is 32.2. The van der Waals surface area contributed by atoms with Crippen LogP contribution in [0.5, 0.6) is 5.75 Å². The normalized spacial score (nSPS) is 15.0. The van der Waals surface area contributed by atoms with E-state index in [-0.39, 0.29) is 30.8 Å². The molecule has 0 bridgehead atoms. The summed E-state index contributed by atoms with van der Waals surface area (Å²) in [5.74, 6) is 0.130. The summed E-state index contributed by atoms with van der Waals surface area (Å²) in [7, 11) is -2.00. The van der Waals surface area contributed by atoms with E-state index < -0.39 is 10.0 Å². The largest absolute Gasteiger partial charge is 0.496 e. The van der Waals surface area contributed by atoms with Crippen LogP contribution in [-0.2, 0) is 14.8 Å². The van der Waals surface area contributed by atoms with E-state index in [9.17, 15) is 18.0 Å². The fraction of sp³-hybridized carbons (Fsp3) is 0.400. The maximum atomic E-state index is 12.4. The lowest BCUT2D eigenvalue weighted by Crippen LogP contribution is -2.46. The Kier molecular flexibility index (Phi) is 7.46. The van der Waals surface area contributed by atoms with Crippen LogP contribution in [-0.4, -0.2) is 57.9 Å². The van der Waals surface area contributed by atoms with Gasteiger partial charge in [-0.3, -0.25) is 9.59 Å². The predicted octanol–water partition coefficient (Wildman–Crippen LogP) is 1.85. The molecular weight excluding hydrogens is 426 g/mol. The van der Waals surface area contributed by atoms with Crippen molar-refractivity contribution in [1.82, 2.24) is 14.9 Å². The van der Waals surface area contributed by atoms with Crippen molar-refractivity contribution in [3.05, 3.63) is 47.3 Å². The molecule has 1 aliphatic heterocycles. The molecule has 0 aliphatic carbocycles. The number of nitrogens with zero attached hydrogens (tertiary/aromatic N) is 1. The number of hydrogen-bond donors (Lipinski definition) is 2.